The van der Waals surface area contributed by atoms with Crippen LogP contribution in [0.1, 0.15) is 12.7 Å². The Balaban J connectivity index is 1.33. The Kier molecular flexibility index (Phi) is 6.81. The fourth-order valence-electron chi connectivity index (χ4n) is 3.58. The van der Waals surface area contributed by atoms with Crippen LogP contribution < -0.4 is 14.8 Å². The second kappa shape index (κ2) is 10.1. The number of hydrogen-bond acceptors (Lipinski definition) is 7. The number of urea groups is 1. The minimum atomic E-state index is -0.125. The zero-order valence-corrected chi connectivity index (χ0v) is 18.3. The molecule has 168 valence electrons. The van der Waals surface area contributed by atoms with Crippen LogP contribution in [0.25, 0.3) is 5.69 Å². The van der Waals surface area contributed by atoms with Crippen LogP contribution in [0.2, 0.25) is 0 Å². The third kappa shape index (κ3) is 4.97. The Morgan fingerprint density at radius 2 is 1.81 bits per heavy atom. The van der Waals surface area contributed by atoms with E-state index in [2.05, 4.69) is 25.7 Å². The molecule has 0 radical (unpaired) electrons. The van der Waals surface area contributed by atoms with Gasteiger partial charge in [0.2, 0.25) is 0 Å². The molecular formula is C22H27N7O3. The molecular weight excluding hydrogens is 410 g/mol. The highest BCUT2D eigenvalue weighted by atomic mass is 16.5. The predicted octanol–water partition coefficient (Wildman–Crippen LogP) is 2.42. The molecule has 32 heavy (non-hydrogen) atoms. The molecule has 0 aliphatic carbocycles. The van der Waals surface area contributed by atoms with E-state index in [-0.39, 0.29) is 6.03 Å². The maximum Gasteiger partial charge on any atom is 0.322 e. The van der Waals surface area contributed by atoms with Crippen molar-refractivity contribution in [2.75, 3.05) is 45.2 Å². The van der Waals surface area contributed by atoms with Gasteiger partial charge in [0.15, 0.2) is 5.82 Å². The van der Waals surface area contributed by atoms with E-state index in [0.29, 0.717) is 37.7 Å². The first kappa shape index (κ1) is 21.6. The van der Waals surface area contributed by atoms with Gasteiger partial charge in [-0.1, -0.05) is 12.1 Å². The van der Waals surface area contributed by atoms with Crippen molar-refractivity contribution in [3.63, 3.8) is 0 Å². The molecule has 0 unspecified atom stereocenters. The number of aromatic nitrogens is 4. The summed E-state index contributed by atoms with van der Waals surface area (Å²) in [6, 6.07) is 14.9. The minimum Gasteiger partial charge on any atom is -0.497 e. The van der Waals surface area contributed by atoms with Crippen molar-refractivity contribution < 1.29 is 14.3 Å². The fraction of sp³-hybridized carbons (Fsp3) is 0.364. The average Bonchev–Trinajstić information content (AvgIpc) is 3.29. The summed E-state index contributed by atoms with van der Waals surface area (Å²) < 4.78 is 12.5. The van der Waals surface area contributed by atoms with Gasteiger partial charge in [-0.25, -0.2) is 4.79 Å². The summed E-state index contributed by atoms with van der Waals surface area (Å²) in [5.41, 5.74) is 1.55. The van der Waals surface area contributed by atoms with Crippen molar-refractivity contribution in [3.05, 3.63) is 54.4 Å². The molecule has 10 heteroatoms. The van der Waals surface area contributed by atoms with Gasteiger partial charge in [-0.15, -0.1) is 5.10 Å². The third-order valence-corrected chi connectivity index (χ3v) is 5.30. The molecule has 10 nitrogen and oxygen atoms in total. The summed E-state index contributed by atoms with van der Waals surface area (Å²) in [7, 11) is 1.63. The molecule has 0 atom stereocenters. The molecule has 1 N–H and O–H groups in total. The summed E-state index contributed by atoms with van der Waals surface area (Å²) in [4.78, 5) is 16.8. The SMILES string of the molecule is CCOc1ccccc1NC(=O)N1CCN(Cc2nnnn2-c2ccc(OC)cc2)CC1. The summed E-state index contributed by atoms with van der Waals surface area (Å²) in [6.07, 6.45) is 0. The maximum atomic E-state index is 12.7. The van der Waals surface area contributed by atoms with Gasteiger partial charge < -0.3 is 19.7 Å². The van der Waals surface area contributed by atoms with Gasteiger partial charge in [0, 0.05) is 26.2 Å². The van der Waals surface area contributed by atoms with Crippen molar-refractivity contribution in [2.45, 2.75) is 13.5 Å². The predicted molar refractivity (Wildman–Crippen MR) is 119 cm³/mol. The number of anilines is 1. The molecule has 0 bridgehead atoms. The number of benzene rings is 2. The van der Waals surface area contributed by atoms with E-state index in [1.54, 1.807) is 11.8 Å². The molecule has 0 spiro atoms. The number of amides is 2. The number of nitrogens with zero attached hydrogens (tertiary/aromatic N) is 6. The van der Waals surface area contributed by atoms with Gasteiger partial charge >= 0.3 is 6.03 Å². The lowest BCUT2D eigenvalue weighted by atomic mass is 10.3. The Bertz CT molecular complexity index is 1030. The Hall–Kier alpha value is -3.66. The van der Waals surface area contributed by atoms with E-state index >= 15 is 0 Å². The number of ether oxygens (including phenoxy) is 2. The van der Waals surface area contributed by atoms with Crippen molar-refractivity contribution in [1.29, 1.82) is 0 Å². The number of rotatable bonds is 7. The first-order chi connectivity index (χ1) is 15.7. The van der Waals surface area contributed by atoms with E-state index in [4.69, 9.17) is 9.47 Å². The quantitative estimate of drug-likeness (QED) is 0.606. The minimum absolute atomic E-state index is 0.125. The highest BCUT2D eigenvalue weighted by Crippen LogP contribution is 2.24. The number of carbonyl (C=O) groups is 1. The van der Waals surface area contributed by atoms with Crippen molar-refractivity contribution in [2.24, 2.45) is 0 Å². The number of hydrogen-bond donors (Lipinski definition) is 1. The van der Waals surface area contributed by atoms with E-state index in [1.165, 1.54) is 0 Å². The van der Waals surface area contributed by atoms with Crippen LogP contribution in [0.5, 0.6) is 11.5 Å². The summed E-state index contributed by atoms with van der Waals surface area (Å²) in [5.74, 6) is 2.20. The van der Waals surface area contributed by atoms with Gasteiger partial charge in [-0.2, -0.15) is 4.68 Å². The topological polar surface area (TPSA) is 97.6 Å². The molecule has 4 rings (SSSR count). The van der Waals surface area contributed by atoms with E-state index in [0.717, 1.165) is 30.4 Å². The number of methoxy groups -OCH3 is 1. The molecule has 1 aliphatic heterocycles. The van der Waals surface area contributed by atoms with Crippen molar-refractivity contribution in [3.8, 4) is 17.2 Å². The molecule has 2 heterocycles. The van der Waals surface area contributed by atoms with Gasteiger partial charge in [0.25, 0.3) is 0 Å². The Morgan fingerprint density at radius 1 is 1.06 bits per heavy atom. The summed E-state index contributed by atoms with van der Waals surface area (Å²) in [6.45, 7) is 5.76. The summed E-state index contributed by atoms with van der Waals surface area (Å²) in [5, 5.41) is 15.1. The lowest BCUT2D eigenvalue weighted by Gasteiger charge is -2.34. The van der Waals surface area contributed by atoms with E-state index < -0.39 is 0 Å². The van der Waals surface area contributed by atoms with Gasteiger partial charge in [-0.05, 0) is 53.7 Å². The van der Waals surface area contributed by atoms with E-state index in [1.807, 2.05) is 60.4 Å². The largest absolute Gasteiger partial charge is 0.497 e. The number of para-hydroxylation sites is 2. The lowest BCUT2D eigenvalue weighted by Crippen LogP contribution is -2.49. The van der Waals surface area contributed by atoms with Crippen LogP contribution in [0.4, 0.5) is 10.5 Å². The number of nitrogens with one attached hydrogen (secondary N) is 1. The average molecular weight is 438 g/mol. The van der Waals surface area contributed by atoms with Crippen LogP contribution >= 0.6 is 0 Å². The van der Waals surface area contributed by atoms with Gasteiger partial charge in [0.05, 0.1) is 31.6 Å². The zero-order chi connectivity index (χ0) is 22.3. The van der Waals surface area contributed by atoms with Crippen LogP contribution in [0.3, 0.4) is 0 Å². The second-order valence-electron chi connectivity index (χ2n) is 7.33. The first-order valence-corrected chi connectivity index (χ1v) is 10.6. The standard InChI is InChI=1S/C22H27N7O3/c1-3-32-20-7-5-4-6-19(20)23-22(30)28-14-12-27(13-15-28)16-21-24-25-26-29(21)17-8-10-18(31-2)11-9-17/h4-11H,3,12-16H2,1-2H3,(H,23,30). The Labute approximate surface area is 186 Å². The molecule has 2 aromatic carbocycles. The third-order valence-electron chi connectivity index (χ3n) is 5.30. The van der Waals surface area contributed by atoms with Crippen LogP contribution in [-0.2, 0) is 6.54 Å². The maximum absolute atomic E-state index is 12.7. The van der Waals surface area contributed by atoms with Gasteiger partial charge in [-0.3, -0.25) is 4.90 Å². The molecule has 1 saturated heterocycles. The second-order valence-corrected chi connectivity index (χ2v) is 7.33. The van der Waals surface area contributed by atoms with Crippen LogP contribution in [0.15, 0.2) is 48.5 Å². The van der Waals surface area contributed by atoms with Crippen molar-refractivity contribution in [1.82, 2.24) is 30.0 Å². The molecule has 2 amide bonds. The molecule has 1 aromatic heterocycles. The van der Waals surface area contributed by atoms with Crippen LogP contribution in [0, 0.1) is 0 Å². The molecule has 0 saturated carbocycles. The van der Waals surface area contributed by atoms with Crippen LogP contribution in [-0.4, -0.2) is 75.9 Å². The molecule has 3 aromatic rings. The van der Waals surface area contributed by atoms with Crippen molar-refractivity contribution >= 4 is 11.7 Å². The highest BCUT2D eigenvalue weighted by Gasteiger charge is 2.23. The fourth-order valence-corrected chi connectivity index (χ4v) is 3.58. The number of tetrazole rings is 1. The molecule has 1 fully saturated rings. The normalized spacial score (nSPS) is 14.2. The van der Waals surface area contributed by atoms with Gasteiger partial charge in [0.1, 0.15) is 11.5 Å². The zero-order valence-electron chi connectivity index (χ0n) is 18.3. The first-order valence-electron chi connectivity index (χ1n) is 10.6. The molecule has 1 aliphatic rings. The smallest absolute Gasteiger partial charge is 0.322 e. The van der Waals surface area contributed by atoms with E-state index in [9.17, 15) is 4.79 Å². The lowest BCUT2D eigenvalue weighted by molar-refractivity contribution is 0.140. The number of piperazine rings is 1. The number of carbonyl (C=O) groups excluding carboxylic acids is 1. The summed E-state index contributed by atoms with van der Waals surface area (Å²) >= 11 is 0. The monoisotopic (exact) mass is 437 g/mol. The Morgan fingerprint density at radius 3 is 2.53 bits per heavy atom. The highest BCUT2D eigenvalue weighted by molar-refractivity contribution is 5.91.